The van der Waals surface area contributed by atoms with E-state index in [1.165, 1.54) is 11.1 Å². The van der Waals surface area contributed by atoms with Gasteiger partial charge in [-0.3, -0.25) is 9.59 Å². The fourth-order valence-corrected chi connectivity index (χ4v) is 7.33. The SMILES string of the molecule is COC1CC2(CCN(C(=O)c3ccc4c(c3)C(C)(C)CN(C[C@@H](O)[C@@H]3Cc5ccccc5CN3)C4=O)CC2)C1. The van der Waals surface area contributed by atoms with Crippen molar-refractivity contribution in [1.82, 2.24) is 15.1 Å². The van der Waals surface area contributed by atoms with E-state index in [0.29, 0.717) is 29.2 Å². The number of benzene rings is 2. The van der Waals surface area contributed by atoms with E-state index in [2.05, 4.69) is 31.3 Å². The number of likely N-dealkylation sites (tertiary alicyclic amines) is 1. The van der Waals surface area contributed by atoms with Gasteiger partial charge in [0.1, 0.15) is 0 Å². The molecule has 2 aromatic carbocycles. The van der Waals surface area contributed by atoms with Gasteiger partial charge in [-0.1, -0.05) is 38.1 Å². The van der Waals surface area contributed by atoms with Gasteiger partial charge in [0.05, 0.1) is 12.2 Å². The zero-order valence-corrected chi connectivity index (χ0v) is 23.4. The van der Waals surface area contributed by atoms with Gasteiger partial charge in [0.2, 0.25) is 0 Å². The third kappa shape index (κ3) is 4.90. The number of piperidine rings is 1. The molecule has 208 valence electrons. The normalized spacial score (nSPS) is 24.6. The summed E-state index contributed by atoms with van der Waals surface area (Å²) in [6, 6.07) is 13.8. The molecule has 1 aliphatic carbocycles. The monoisotopic (exact) mass is 531 g/mol. The molecule has 2 amide bonds. The Balaban J connectivity index is 1.13. The second kappa shape index (κ2) is 10.0. The number of fused-ring (bicyclic) bond motifs is 2. The Bertz CT molecular complexity index is 1260. The lowest BCUT2D eigenvalue weighted by Gasteiger charge is -2.51. The summed E-state index contributed by atoms with van der Waals surface area (Å²) >= 11 is 0. The Hall–Kier alpha value is -2.74. The average molecular weight is 532 g/mol. The summed E-state index contributed by atoms with van der Waals surface area (Å²) in [4.78, 5) is 30.8. The highest BCUT2D eigenvalue weighted by Gasteiger charge is 2.47. The number of methoxy groups -OCH3 is 1. The van der Waals surface area contributed by atoms with Gasteiger partial charge in [0.25, 0.3) is 11.8 Å². The number of rotatable bonds is 5. The highest BCUT2D eigenvalue weighted by Crippen LogP contribution is 2.50. The van der Waals surface area contributed by atoms with Crippen LogP contribution in [0, 0.1) is 5.41 Å². The van der Waals surface area contributed by atoms with Crippen LogP contribution in [0.3, 0.4) is 0 Å². The molecule has 7 heteroatoms. The van der Waals surface area contributed by atoms with E-state index >= 15 is 0 Å². The van der Waals surface area contributed by atoms with E-state index in [1.807, 2.05) is 35.2 Å². The summed E-state index contributed by atoms with van der Waals surface area (Å²) in [5.41, 5.74) is 4.75. The molecule has 0 radical (unpaired) electrons. The number of aliphatic hydroxyl groups is 1. The van der Waals surface area contributed by atoms with Crippen molar-refractivity contribution < 1.29 is 19.4 Å². The van der Waals surface area contributed by atoms with Gasteiger partial charge in [0.15, 0.2) is 0 Å². The van der Waals surface area contributed by atoms with Crippen LogP contribution < -0.4 is 5.32 Å². The molecule has 6 rings (SSSR count). The maximum absolute atomic E-state index is 13.6. The van der Waals surface area contributed by atoms with E-state index in [4.69, 9.17) is 4.74 Å². The second-order valence-electron chi connectivity index (χ2n) is 12.9. The molecule has 2 fully saturated rings. The first-order valence-corrected chi connectivity index (χ1v) is 14.4. The van der Waals surface area contributed by atoms with Crippen molar-refractivity contribution in [3.05, 3.63) is 70.3 Å². The number of nitrogens with one attached hydrogen (secondary N) is 1. The molecule has 2 aromatic rings. The lowest BCUT2D eigenvalue weighted by atomic mass is 9.61. The summed E-state index contributed by atoms with van der Waals surface area (Å²) in [5.74, 6) is -0.0174. The fraction of sp³-hybridized carbons (Fsp3) is 0.562. The van der Waals surface area contributed by atoms with E-state index in [-0.39, 0.29) is 29.8 Å². The van der Waals surface area contributed by atoms with Crippen LogP contribution in [0.4, 0.5) is 0 Å². The Morgan fingerprint density at radius 1 is 1.13 bits per heavy atom. The van der Waals surface area contributed by atoms with Crippen molar-refractivity contribution in [3.8, 4) is 0 Å². The summed E-state index contributed by atoms with van der Waals surface area (Å²) in [6.45, 7) is 7.30. The van der Waals surface area contributed by atoms with Gasteiger partial charge in [-0.15, -0.1) is 0 Å². The van der Waals surface area contributed by atoms with Gasteiger partial charge in [-0.05, 0) is 72.4 Å². The average Bonchev–Trinajstić information content (AvgIpc) is 2.93. The second-order valence-corrected chi connectivity index (χ2v) is 12.9. The summed E-state index contributed by atoms with van der Waals surface area (Å²) in [5, 5.41) is 14.6. The number of hydrogen-bond acceptors (Lipinski definition) is 5. The maximum Gasteiger partial charge on any atom is 0.254 e. The minimum atomic E-state index is -0.669. The molecule has 0 unspecified atom stereocenters. The molecule has 3 aliphatic heterocycles. The molecular weight excluding hydrogens is 490 g/mol. The number of aliphatic hydroxyl groups excluding tert-OH is 1. The van der Waals surface area contributed by atoms with Gasteiger partial charge < -0.3 is 25.0 Å². The van der Waals surface area contributed by atoms with Crippen LogP contribution >= 0.6 is 0 Å². The third-order valence-electron chi connectivity index (χ3n) is 9.85. The number of nitrogens with zero attached hydrogens (tertiary/aromatic N) is 2. The molecule has 7 nitrogen and oxygen atoms in total. The number of amides is 2. The maximum atomic E-state index is 13.6. The molecule has 3 heterocycles. The van der Waals surface area contributed by atoms with E-state index in [9.17, 15) is 14.7 Å². The highest BCUT2D eigenvalue weighted by atomic mass is 16.5. The van der Waals surface area contributed by atoms with Gasteiger partial charge >= 0.3 is 0 Å². The minimum Gasteiger partial charge on any atom is -0.390 e. The topological polar surface area (TPSA) is 82.1 Å². The zero-order chi connectivity index (χ0) is 27.4. The number of ether oxygens (including phenoxy) is 1. The van der Waals surface area contributed by atoms with Crippen LogP contribution in [0.1, 0.15) is 76.9 Å². The van der Waals surface area contributed by atoms with E-state index < -0.39 is 6.10 Å². The largest absolute Gasteiger partial charge is 0.390 e. The van der Waals surface area contributed by atoms with Crippen molar-refractivity contribution in [2.75, 3.05) is 33.3 Å². The number of carbonyl (C=O) groups is 2. The number of hydrogen-bond donors (Lipinski definition) is 2. The predicted molar refractivity (Wildman–Crippen MR) is 150 cm³/mol. The van der Waals surface area contributed by atoms with Crippen LogP contribution in [0.2, 0.25) is 0 Å². The van der Waals surface area contributed by atoms with Crippen molar-refractivity contribution in [1.29, 1.82) is 0 Å². The smallest absolute Gasteiger partial charge is 0.254 e. The Kier molecular flexibility index (Phi) is 6.81. The van der Waals surface area contributed by atoms with Gasteiger partial charge in [-0.25, -0.2) is 0 Å². The van der Waals surface area contributed by atoms with E-state index in [1.54, 1.807) is 12.0 Å². The Labute approximate surface area is 231 Å². The van der Waals surface area contributed by atoms with Gasteiger partial charge in [-0.2, -0.15) is 0 Å². The zero-order valence-electron chi connectivity index (χ0n) is 23.4. The Morgan fingerprint density at radius 3 is 2.56 bits per heavy atom. The van der Waals surface area contributed by atoms with E-state index in [0.717, 1.165) is 57.3 Å². The van der Waals surface area contributed by atoms with Crippen LogP contribution in [0.15, 0.2) is 42.5 Å². The van der Waals surface area contributed by atoms with Crippen LogP contribution in [-0.2, 0) is 23.1 Å². The summed E-state index contributed by atoms with van der Waals surface area (Å²) < 4.78 is 5.48. The molecule has 0 bridgehead atoms. The van der Waals surface area contributed by atoms with Crippen LogP contribution in [0.5, 0.6) is 0 Å². The molecule has 39 heavy (non-hydrogen) atoms. The Morgan fingerprint density at radius 2 is 1.85 bits per heavy atom. The molecular formula is C32H41N3O4. The standard InChI is InChI=1S/C32H41N3O4/c1-31(2)20-35(19-28(36)27-15-21-6-4-5-7-23(21)18-33-27)30(38)25-9-8-22(14-26(25)31)29(37)34-12-10-32(11-13-34)16-24(17-32)39-3/h4-9,14,24,27-28,33,36H,10-13,15-20H2,1-3H3/t27-,28+/m0/s1. The lowest BCUT2D eigenvalue weighted by Crippen LogP contribution is -2.54. The number of β-amino-alcohol motifs (C(OH)–C–C–N with tert-alkyl or cyclic N) is 1. The van der Waals surface area contributed by atoms with Crippen molar-refractivity contribution >= 4 is 11.8 Å². The van der Waals surface area contributed by atoms with Crippen LogP contribution in [-0.4, -0.2) is 78.3 Å². The molecule has 4 aliphatic rings. The lowest BCUT2D eigenvalue weighted by molar-refractivity contribution is -0.0841. The van der Waals surface area contributed by atoms with Crippen molar-refractivity contribution in [3.63, 3.8) is 0 Å². The predicted octanol–water partition coefficient (Wildman–Crippen LogP) is 3.53. The molecule has 2 N–H and O–H groups in total. The number of carbonyl (C=O) groups excluding carboxylic acids is 2. The molecule has 2 atom stereocenters. The molecule has 1 saturated heterocycles. The first kappa shape index (κ1) is 26.5. The third-order valence-corrected chi connectivity index (χ3v) is 9.85. The quantitative estimate of drug-likeness (QED) is 0.617. The van der Waals surface area contributed by atoms with Crippen LogP contribution in [0.25, 0.3) is 0 Å². The minimum absolute atomic E-state index is 0.0556. The highest BCUT2D eigenvalue weighted by molar-refractivity contribution is 6.00. The van der Waals surface area contributed by atoms with Gasteiger partial charge in [0, 0.05) is 62.4 Å². The molecule has 1 spiro atoms. The summed E-state index contributed by atoms with van der Waals surface area (Å²) in [6.07, 6.45) is 4.74. The fourth-order valence-electron chi connectivity index (χ4n) is 7.33. The first-order valence-electron chi connectivity index (χ1n) is 14.4. The van der Waals surface area contributed by atoms with Crippen molar-refractivity contribution in [2.45, 2.75) is 76.2 Å². The molecule has 1 saturated carbocycles. The first-order chi connectivity index (χ1) is 18.7. The summed E-state index contributed by atoms with van der Waals surface area (Å²) in [7, 11) is 1.78. The molecule has 0 aromatic heterocycles. The van der Waals surface area contributed by atoms with Crippen molar-refractivity contribution in [2.24, 2.45) is 5.41 Å².